The van der Waals surface area contributed by atoms with Gasteiger partial charge in [-0.15, -0.1) is 16.4 Å². The van der Waals surface area contributed by atoms with E-state index < -0.39 is 0 Å². The van der Waals surface area contributed by atoms with Gasteiger partial charge in [0.15, 0.2) is 6.61 Å². The maximum absolute atomic E-state index is 12.3. The van der Waals surface area contributed by atoms with Crippen LogP contribution in [0.3, 0.4) is 0 Å². The summed E-state index contributed by atoms with van der Waals surface area (Å²) in [6.45, 7) is 5.89. The smallest absolute Gasteiger partial charge is 0.264 e. The summed E-state index contributed by atoms with van der Waals surface area (Å²) in [5.74, 6) is 0.732. The van der Waals surface area contributed by atoms with Crippen molar-refractivity contribution in [1.82, 2.24) is 14.6 Å². The first kappa shape index (κ1) is 18.2. The molecule has 0 spiro atoms. The topological polar surface area (TPSA) is 68.5 Å². The van der Waals surface area contributed by atoms with Gasteiger partial charge in [-0.05, 0) is 37.5 Å². The third kappa shape index (κ3) is 3.48. The Balaban J connectivity index is 1.48. The van der Waals surface area contributed by atoms with Crippen molar-refractivity contribution in [1.29, 1.82) is 0 Å². The molecule has 1 N–H and O–H groups in total. The van der Waals surface area contributed by atoms with Gasteiger partial charge in [-0.3, -0.25) is 10.1 Å². The first-order valence-electron chi connectivity index (χ1n) is 8.92. The van der Waals surface area contributed by atoms with Gasteiger partial charge in [0.2, 0.25) is 4.96 Å². The molecule has 0 unspecified atom stereocenters. The number of aryl methyl sites for hydroxylation is 2. The number of ether oxygens (including phenoxy) is 1. The lowest BCUT2D eigenvalue weighted by molar-refractivity contribution is -0.118. The van der Waals surface area contributed by atoms with E-state index in [0.717, 1.165) is 38.7 Å². The van der Waals surface area contributed by atoms with Crippen LogP contribution >= 0.6 is 11.3 Å². The van der Waals surface area contributed by atoms with E-state index in [1.54, 1.807) is 4.52 Å². The molecule has 0 saturated carbocycles. The van der Waals surface area contributed by atoms with Crippen LogP contribution in [-0.2, 0) is 4.79 Å². The van der Waals surface area contributed by atoms with Gasteiger partial charge < -0.3 is 4.74 Å². The van der Waals surface area contributed by atoms with Crippen LogP contribution in [0, 0.1) is 20.8 Å². The average Bonchev–Trinajstić information content (AvgIpc) is 3.25. The van der Waals surface area contributed by atoms with Crippen LogP contribution in [-0.4, -0.2) is 27.1 Å². The van der Waals surface area contributed by atoms with Crippen LogP contribution in [0.5, 0.6) is 5.75 Å². The van der Waals surface area contributed by atoms with Crippen molar-refractivity contribution < 1.29 is 9.53 Å². The number of nitrogens with one attached hydrogen (secondary N) is 1. The quantitative estimate of drug-likeness (QED) is 0.547. The van der Waals surface area contributed by atoms with Gasteiger partial charge in [-0.2, -0.15) is 4.98 Å². The average molecular weight is 392 g/mol. The van der Waals surface area contributed by atoms with E-state index in [1.165, 1.54) is 11.3 Å². The summed E-state index contributed by atoms with van der Waals surface area (Å²) in [6, 6.07) is 14.0. The zero-order valence-corrected chi connectivity index (χ0v) is 16.7. The van der Waals surface area contributed by atoms with E-state index in [2.05, 4.69) is 15.4 Å². The molecule has 0 bridgehead atoms. The number of hydrogen-bond donors (Lipinski definition) is 1. The first-order valence-corrected chi connectivity index (χ1v) is 9.80. The van der Waals surface area contributed by atoms with Gasteiger partial charge >= 0.3 is 0 Å². The van der Waals surface area contributed by atoms with Crippen molar-refractivity contribution >= 4 is 28.2 Å². The molecular formula is C21H20N4O2S. The minimum absolute atomic E-state index is 0.0937. The molecule has 0 saturated heterocycles. The van der Waals surface area contributed by atoms with Crippen molar-refractivity contribution in [3.05, 3.63) is 64.5 Å². The number of anilines is 1. The number of hydrogen-bond acceptors (Lipinski definition) is 5. The summed E-state index contributed by atoms with van der Waals surface area (Å²) in [5, 5.41) is 9.14. The normalized spacial score (nSPS) is 11.0. The number of rotatable bonds is 5. The van der Waals surface area contributed by atoms with E-state index in [0.29, 0.717) is 0 Å². The van der Waals surface area contributed by atoms with Gasteiger partial charge in [0, 0.05) is 10.9 Å². The highest BCUT2D eigenvalue weighted by Gasteiger charge is 2.14. The second kappa shape index (κ2) is 7.44. The van der Waals surface area contributed by atoms with Crippen LogP contribution < -0.4 is 10.1 Å². The molecular weight excluding hydrogens is 372 g/mol. The molecule has 1 amide bonds. The molecule has 0 radical (unpaired) electrons. The van der Waals surface area contributed by atoms with Gasteiger partial charge in [0.1, 0.15) is 5.75 Å². The molecule has 0 fully saturated rings. The molecule has 4 aromatic rings. The Hall–Kier alpha value is -3.19. The second-order valence-electron chi connectivity index (χ2n) is 6.61. The highest BCUT2D eigenvalue weighted by molar-refractivity contribution is 7.15. The monoisotopic (exact) mass is 392 g/mol. The number of aromatic nitrogens is 3. The number of carbonyl (C=O) groups excluding carboxylic acids is 1. The summed E-state index contributed by atoms with van der Waals surface area (Å²) >= 11 is 1.48. The van der Waals surface area contributed by atoms with E-state index >= 15 is 0 Å². The molecule has 2 heterocycles. The van der Waals surface area contributed by atoms with Crippen LogP contribution in [0.25, 0.3) is 16.2 Å². The fourth-order valence-electron chi connectivity index (χ4n) is 2.99. The van der Waals surface area contributed by atoms with Gasteiger partial charge in [0.05, 0.1) is 5.69 Å². The maximum atomic E-state index is 12.3. The second-order valence-corrected chi connectivity index (χ2v) is 7.44. The molecule has 4 rings (SSSR count). The fraction of sp³-hybridized carbons (Fsp3) is 0.190. The van der Waals surface area contributed by atoms with Crippen molar-refractivity contribution in [2.75, 3.05) is 11.9 Å². The van der Waals surface area contributed by atoms with E-state index in [9.17, 15) is 4.79 Å². The van der Waals surface area contributed by atoms with Crippen LogP contribution in [0.4, 0.5) is 5.95 Å². The van der Waals surface area contributed by atoms with E-state index in [-0.39, 0.29) is 18.5 Å². The molecule has 0 aliphatic heterocycles. The van der Waals surface area contributed by atoms with Gasteiger partial charge in [-0.25, -0.2) is 4.52 Å². The third-order valence-corrected chi connectivity index (χ3v) is 5.44. The van der Waals surface area contributed by atoms with Crippen molar-refractivity contribution in [2.45, 2.75) is 20.8 Å². The third-order valence-electron chi connectivity index (χ3n) is 4.62. The lowest BCUT2D eigenvalue weighted by Gasteiger charge is -2.13. The maximum Gasteiger partial charge on any atom is 0.264 e. The summed E-state index contributed by atoms with van der Waals surface area (Å²) in [7, 11) is 0. The van der Waals surface area contributed by atoms with Crippen LogP contribution in [0.1, 0.15) is 16.7 Å². The zero-order valence-electron chi connectivity index (χ0n) is 15.9. The molecule has 0 aliphatic carbocycles. The summed E-state index contributed by atoms with van der Waals surface area (Å²) in [4.78, 5) is 17.4. The lowest BCUT2D eigenvalue weighted by atomic mass is 10.1. The predicted octanol–water partition coefficient (Wildman–Crippen LogP) is 4.40. The zero-order chi connectivity index (χ0) is 19.7. The SMILES string of the molecule is Cc1ccc(C)c(OCC(=O)Nc2nc3scc(-c4ccccc4)n3n2)c1C. The van der Waals surface area contributed by atoms with Crippen molar-refractivity contribution in [2.24, 2.45) is 0 Å². The largest absolute Gasteiger partial charge is 0.483 e. The summed E-state index contributed by atoms with van der Waals surface area (Å²) in [6.07, 6.45) is 0. The van der Waals surface area contributed by atoms with Crippen LogP contribution in [0.2, 0.25) is 0 Å². The molecule has 0 atom stereocenters. The highest BCUT2D eigenvalue weighted by Crippen LogP contribution is 2.27. The summed E-state index contributed by atoms with van der Waals surface area (Å²) in [5.41, 5.74) is 5.16. The fourth-order valence-corrected chi connectivity index (χ4v) is 3.82. The van der Waals surface area contributed by atoms with E-state index in [4.69, 9.17) is 4.74 Å². The molecule has 142 valence electrons. The van der Waals surface area contributed by atoms with Crippen molar-refractivity contribution in [3.8, 4) is 17.0 Å². The highest BCUT2D eigenvalue weighted by atomic mass is 32.1. The molecule has 7 heteroatoms. The van der Waals surface area contributed by atoms with Gasteiger partial charge in [0.25, 0.3) is 11.9 Å². The number of carbonyl (C=O) groups is 1. The number of fused-ring (bicyclic) bond motifs is 1. The Labute approximate surface area is 166 Å². The number of amides is 1. The standard InChI is InChI=1S/C21H20N4O2S/c1-13-9-10-14(2)19(15(13)3)27-11-18(26)22-20-23-21-25(24-20)17(12-28-21)16-7-5-4-6-8-16/h4-10,12H,11H2,1-3H3,(H,22,24,26). The molecule has 2 aromatic heterocycles. The number of benzene rings is 2. The van der Waals surface area contributed by atoms with Crippen molar-refractivity contribution in [3.63, 3.8) is 0 Å². The number of thiazole rings is 1. The molecule has 0 aliphatic rings. The van der Waals surface area contributed by atoms with Crippen LogP contribution in [0.15, 0.2) is 47.8 Å². The Morgan fingerprint density at radius 3 is 2.64 bits per heavy atom. The Morgan fingerprint density at radius 2 is 1.86 bits per heavy atom. The lowest BCUT2D eigenvalue weighted by Crippen LogP contribution is -2.21. The Morgan fingerprint density at radius 1 is 1.11 bits per heavy atom. The molecule has 6 nitrogen and oxygen atoms in total. The Kier molecular flexibility index (Phi) is 4.83. The molecule has 2 aromatic carbocycles. The van der Waals surface area contributed by atoms with E-state index in [1.807, 2.05) is 68.6 Å². The Bertz CT molecular complexity index is 1150. The minimum Gasteiger partial charge on any atom is -0.483 e. The van der Waals surface area contributed by atoms with Gasteiger partial charge in [-0.1, -0.05) is 42.5 Å². The number of nitrogens with zero attached hydrogens (tertiary/aromatic N) is 3. The molecule has 28 heavy (non-hydrogen) atoms. The predicted molar refractivity (Wildman–Crippen MR) is 111 cm³/mol. The summed E-state index contributed by atoms with van der Waals surface area (Å²) < 4.78 is 7.50. The first-order chi connectivity index (χ1) is 13.5. The minimum atomic E-state index is -0.292.